The van der Waals surface area contributed by atoms with Crippen molar-refractivity contribution >= 4 is 0 Å². The Labute approximate surface area is 106 Å². The molecule has 98 valence electrons. The summed E-state index contributed by atoms with van der Waals surface area (Å²) in [7, 11) is 0. The van der Waals surface area contributed by atoms with Gasteiger partial charge in [0.2, 0.25) is 0 Å². The first-order chi connectivity index (χ1) is 8.15. The van der Waals surface area contributed by atoms with Crippen molar-refractivity contribution in [3.8, 4) is 0 Å². The molecule has 0 spiro atoms. The maximum absolute atomic E-state index is 6.48. The molecule has 0 bridgehead atoms. The minimum absolute atomic E-state index is 0.0848. The van der Waals surface area contributed by atoms with Crippen molar-refractivity contribution < 1.29 is 0 Å². The summed E-state index contributed by atoms with van der Waals surface area (Å²) >= 11 is 0. The normalized spacial score (nSPS) is 38.5. The average molecular weight is 236 g/mol. The van der Waals surface area contributed by atoms with E-state index in [-0.39, 0.29) is 5.54 Å². The molecule has 17 heavy (non-hydrogen) atoms. The van der Waals surface area contributed by atoms with Crippen molar-refractivity contribution in [3.63, 3.8) is 0 Å². The van der Waals surface area contributed by atoms with Crippen LogP contribution < -0.4 is 5.73 Å². The van der Waals surface area contributed by atoms with Gasteiger partial charge in [0.15, 0.2) is 0 Å². The van der Waals surface area contributed by atoms with Gasteiger partial charge in [-0.25, -0.2) is 0 Å². The summed E-state index contributed by atoms with van der Waals surface area (Å²) in [6, 6.07) is 0. The largest absolute Gasteiger partial charge is 0.324 e. The average Bonchev–Trinajstić information content (AvgIpc) is 3.12. The second kappa shape index (κ2) is 4.55. The maximum atomic E-state index is 6.48. The molecule has 2 nitrogen and oxygen atoms in total. The molecule has 2 saturated carbocycles. The van der Waals surface area contributed by atoms with E-state index in [0.29, 0.717) is 0 Å². The highest BCUT2D eigenvalue weighted by atomic mass is 15.2. The molecular formula is C15H28N2. The Hall–Kier alpha value is -0.0800. The van der Waals surface area contributed by atoms with Gasteiger partial charge in [0.1, 0.15) is 0 Å². The van der Waals surface area contributed by atoms with Crippen LogP contribution in [0.3, 0.4) is 0 Å². The Morgan fingerprint density at radius 2 is 1.76 bits per heavy atom. The summed E-state index contributed by atoms with van der Waals surface area (Å²) in [6.45, 7) is 6.06. The first-order valence-electron chi connectivity index (χ1n) is 7.66. The van der Waals surface area contributed by atoms with Crippen LogP contribution in [0.2, 0.25) is 0 Å². The zero-order chi connectivity index (χ0) is 11.9. The molecule has 2 N–H and O–H groups in total. The standard InChI is InChI=1S/C15H28N2/c1-15(16,14-6-7-14)11-17-9-8-12-4-2-3-5-13(12)10-17/h12-14H,2-11,16H2,1H3. The SMILES string of the molecule is CC(N)(CN1CCC2CCCCC2C1)C1CC1. The van der Waals surface area contributed by atoms with Crippen LogP contribution in [0.25, 0.3) is 0 Å². The van der Waals surface area contributed by atoms with Gasteiger partial charge in [-0.2, -0.15) is 0 Å². The van der Waals surface area contributed by atoms with Crippen LogP contribution in [-0.4, -0.2) is 30.1 Å². The Balaban J connectivity index is 1.54. The lowest BCUT2D eigenvalue weighted by molar-refractivity contribution is 0.0693. The van der Waals surface area contributed by atoms with Crippen molar-refractivity contribution in [2.45, 2.75) is 57.4 Å². The molecule has 0 aromatic rings. The first kappa shape index (κ1) is 12.0. The number of likely N-dealkylation sites (tertiary alicyclic amines) is 1. The van der Waals surface area contributed by atoms with E-state index in [9.17, 15) is 0 Å². The third-order valence-corrected chi connectivity index (χ3v) is 5.45. The Bertz CT molecular complexity index is 270. The number of hydrogen-bond donors (Lipinski definition) is 1. The van der Waals surface area contributed by atoms with E-state index in [2.05, 4.69) is 11.8 Å². The number of nitrogens with two attached hydrogens (primary N) is 1. The molecule has 3 unspecified atom stereocenters. The van der Waals surface area contributed by atoms with Crippen molar-refractivity contribution in [1.82, 2.24) is 4.90 Å². The molecule has 3 rings (SSSR count). The highest BCUT2D eigenvalue weighted by Crippen LogP contribution is 2.40. The lowest BCUT2D eigenvalue weighted by Gasteiger charge is -2.43. The van der Waals surface area contributed by atoms with E-state index in [1.807, 2.05) is 0 Å². The van der Waals surface area contributed by atoms with Gasteiger partial charge in [0, 0.05) is 18.6 Å². The fourth-order valence-corrected chi connectivity index (χ4v) is 4.17. The molecule has 3 atom stereocenters. The van der Waals surface area contributed by atoms with Gasteiger partial charge in [0.05, 0.1) is 0 Å². The molecule has 2 aliphatic carbocycles. The summed E-state index contributed by atoms with van der Waals surface area (Å²) in [6.07, 6.45) is 10.1. The van der Waals surface area contributed by atoms with E-state index in [1.54, 1.807) is 0 Å². The zero-order valence-corrected chi connectivity index (χ0v) is 11.3. The molecule has 0 radical (unpaired) electrons. The highest BCUT2D eigenvalue weighted by molar-refractivity contribution is 4.98. The van der Waals surface area contributed by atoms with Gasteiger partial charge in [-0.05, 0) is 56.9 Å². The molecule has 1 heterocycles. The summed E-state index contributed by atoms with van der Waals surface area (Å²) in [5.74, 6) is 2.85. The number of hydrogen-bond acceptors (Lipinski definition) is 2. The quantitative estimate of drug-likeness (QED) is 0.816. The van der Waals surface area contributed by atoms with Crippen LogP contribution in [0.1, 0.15) is 51.9 Å². The minimum Gasteiger partial charge on any atom is -0.324 e. The Kier molecular flexibility index (Phi) is 3.20. The van der Waals surface area contributed by atoms with Gasteiger partial charge in [0.25, 0.3) is 0 Å². The molecule has 0 amide bonds. The predicted molar refractivity (Wildman–Crippen MR) is 71.8 cm³/mol. The topological polar surface area (TPSA) is 29.3 Å². The van der Waals surface area contributed by atoms with Crippen LogP contribution >= 0.6 is 0 Å². The highest BCUT2D eigenvalue weighted by Gasteiger charge is 2.41. The van der Waals surface area contributed by atoms with Crippen molar-refractivity contribution in [2.75, 3.05) is 19.6 Å². The summed E-state index contributed by atoms with van der Waals surface area (Å²) < 4.78 is 0. The lowest BCUT2D eigenvalue weighted by Crippen LogP contribution is -2.53. The number of fused-ring (bicyclic) bond motifs is 1. The summed E-state index contributed by atoms with van der Waals surface area (Å²) in [4.78, 5) is 2.67. The van der Waals surface area contributed by atoms with Gasteiger partial charge >= 0.3 is 0 Å². The van der Waals surface area contributed by atoms with E-state index in [0.717, 1.165) is 24.3 Å². The predicted octanol–water partition coefficient (Wildman–Crippen LogP) is 2.63. The van der Waals surface area contributed by atoms with Crippen LogP contribution in [0, 0.1) is 17.8 Å². The summed E-state index contributed by atoms with van der Waals surface area (Å²) in [5.41, 5.74) is 6.56. The monoisotopic (exact) mass is 236 g/mol. The smallest absolute Gasteiger partial charge is 0.0283 e. The fraction of sp³-hybridized carbons (Fsp3) is 1.00. The third-order valence-electron chi connectivity index (χ3n) is 5.45. The van der Waals surface area contributed by atoms with Gasteiger partial charge in [-0.3, -0.25) is 0 Å². The molecule has 0 aromatic carbocycles. The molecule has 1 saturated heterocycles. The number of rotatable bonds is 3. The van der Waals surface area contributed by atoms with Gasteiger partial charge in [-0.15, -0.1) is 0 Å². The minimum atomic E-state index is 0.0848. The van der Waals surface area contributed by atoms with E-state index >= 15 is 0 Å². The first-order valence-corrected chi connectivity index (χ1v) is 7.66. The number of piperidine rings is 1. The van der Waals surface area contributed by atoms with Crippen LogP contribution in [-0.2, 0) is 0 Å². The lowest BCUT2D eigenvalue weighted by atomic mass is 9.75. The van der Waals surface area contributed by atoms with Crippen LogP contribution in [0.15, 0.2) is 0 Å². The maximum Gasteiger partial charge on any atom is 0.0283 e. The summed E-state index contributed by atoms with van der Waals surface area (Å²) in [5, 5.41) is 0. The van der Waals surface area contributed by atoms with Crippen molar-refractivity contribution in [3.05, 3.63) is 0 Å². The van der Waals surface area contributed by atoms with Crippen LogP contribution in [0.5, 0.6) is 0 Å². The van der Waals surface area contributed by atoms with Gasteiger partial charge < -0.3 is 10.6 Å². The van der Waals surface area contributed by atoms with E-state index < -0.39 is 0 Å². The van der Waals surface area contributed by atoms with E-state index in [1.165, 1.54) is 58.0 Å². The second-order valence-electron chi connectivity index (χ2n) is 7.11. The Morgan fingerprint density at radius 3 is 2.47 bits per heavy atom. The molecular weight excluding hydrogens is 208 g/mol. The molecule has 3 fully saturated rings. The van der Waals surface area contributed by atoms with E-state index in [4.69, 9.17) is 5.73 Å². The fourth-order valence-electron chi connectivity index (χ4n) is 4.17. The van der Waals surface area contributed by atoms with Crippen molar-refractivity contribution in [2.24, 2.45) is 23.5 Å². The zero-order valence-electron chi connectivity index (χ0n) is 11.3. The molecule has 3 aliphatic rings. The Morgan fingerprint density at radius 1 is 1.06 bits per heavy atom. The molecule has 0 aromatic heterocycles. The van der Waals surface area contributed by atoms with Crippen molar-refractivity contribution in [1.29, 1.82) is 0 Å². The second-order valence-corrected chi connectivity index (χ2v) is 7.11. The van der Waals surface area contributed by atoms with Gasteiger partial charge in [-0.1, -0.05) is 19.3 Å². The third kappa shape index (κ3) is 2.68. The number of nitrogens with zero attached hydrogens (tertiary/aromatic N) is 1. The molecule has 2 heteroatoms. The van der Waals surface area contributed by atoms with Crippen LogP contribution in [0.4, 0.5) is 0 Å². The molecule has 1 aliphatic heterocycles.